The molecular formula is C17H21N3O2. The molecule has 0 atom stereocenters. The third-order valence-electron chi connectivity index (χ3n) is 3.23. The summed E-state index contributed by atoms with van der Waals surface area (Å²) in [6.07, 6.45) is 1.60. The van der Waals surface area contributed by atoms with Gasteiger partial charge in [-0.2, -0.15) is 0 Å². The highest BCUT2D eigenvalue weighted by Gasteiger charge is 2.12. The molecule has 0 saturated carbocycles. The maximum absolute atomic E-state index is 12.4. The van der Waals surface area contributed by atoms with E-state index in [1.165, 1.54) is 0 Å². The largest absolute Gasteiger partial charge is 0.383 e. The van der Waals surface area contributed by atoms with Crippen LogP contribution in [0.25, 0.3) is 0 Å². The fourth-order valence-electron chi connectivity index (χ4n) is 2.06. The van der Waals surface area contributed by atoms with Gasteiger partial charge in [-0.15, -0.1) is 0 Å². The molecule has 0 fully saturated rings. The highest BCUT2D eigenvalue weighted by Crippen LogP contribution is 2.10. The van der Waals surface area contributed by atoms with Crippen LogP contribution in [0.5, 0.6) is 0 Å². The summed E-state index contributed by atoms with van der Waals surface area (Å²) in [5.41, 5.74) is 1.68. The maximum atomic E-state index is 12.4. The van der Waals surface area contributed by atoms with Gasteiger partial charge >= 0.3 is 0 Å². The van der Waals surface area contributed by atoms with Gasteiger partial charge in [0.2, 0.25) is 0 Å². The van der Waals surface area contributed by atoms with Gasteiger partial charge in [-0.3, -0.25) is 4.79 Å². The fraction of sp³-hybridized carbons (Fsp3) is 0.294. The number of nitrogens with zero attached hydrogens (tertiary/aromatic N) is 2. The first-order valence-electron chi connectivity index (χ1n) is 7.19. The summed E-state index contributed by atoms with van der Waals surface area (Å²) in [6.45, 7) is 1.88. The first-order chi connectivity index (χ1) is 10.7. The lowest BCUT2D eigenvalue weighted by atomic mass is 10.2. The molecule has 0 saturated heterocycles. The van der Waals surface area contributed by atoms with Crippen molar-refractivity contribution in [1.82, 2.24) is 9.88 Å². The molecule has 0 aliphatic heterocycles. The number of anilines is 1. The van der Waals surface area contributed by atoms with E-state index in [-0.39, 0.29) is 5.91 Å². The lowest BCUT2D eigenvalue weighted by molar-refractivity contribution is 0.0784. The Bertz CT molecular complexity index is 585. The lowest BCUT2D eigenvalue weighted by Gasteiger charge is -2.17. The van der Waals surface area contributed by atoms with E-state index in [1.807, 2.05) is 30.3 Å². The number of carbonyl (C=O) groups excluding carboxylic acids is 1. The summed E-state index contributed by atoms with van der Waals surface area (Å²) in [5, 5.41) is 3.12. The molecular weight excluding hydrogens is 278 g/mol. The summed E-state index contributed by atoms with van der Waals surface area (Å²) in [4.78, 5) is 18.3. The number of nitrogens with one attached hydrogen (secondary N) is 1. The summed E-state index contributed by atoms with van der Waals surface area (Å²) in [7, 11) is 3.44. The van der Waals surface area contributed by atoms with Gasteiger partial charge in [0.15, 0.2) is 0 Å². The van der Waals surface area contributed by atoms with Crippen molar-refractivity contribution in [2.24, 2.45) is 0 Å². The predicted molar refractivity (Wildman–Crippen MR) is 86.8 cm³/mol. The molecule has 5 nitrogen and oxygen atoms in total. The van der Waals surface area contributed by atoms with E-state index >= 15 is 0 Å². The van der Waals surface area contributed by atoms with Crippen molar-refractivity contribution in [2.75, 3.05) is 32.6 Å². The topological polar surface area (TPSA) is 54.5 Å². The molecule has 1 amide bonds. The van der Waals surface area contributed by atoms with E-state index in [0.29, 0.717) is 25.3 Å². The van der Waals surface area contributed by atoms with Crippen LogP contribution in [0.1, 0.15) is 15.9 Å². The quantitative estimate of drug-likeness (QED) is 0.798. The highest BCUT2D eigenvalue weighted by atomic mass is 16.5. The molecule has 1 N–H and O–H groups in total. The van der Waals surface area contributed by atoms with Crippen LogP contribution < -0.4 is 5.32 Å². The first-order valence-corrected chi connectivity index (χ1v) is 7.19. The van der Waals surface area contributed by atoms with Crippen LogP contribution in [0, 0.1) is 0 Å². The van der Waals surface area contributed by atoms with E-state index in [2.05, 4.69) is 10.3 Å². The van der Waals surface area contributed by atoms with E-state index in [9.17, 15) is 4.79 Å². The average molecular weight is 299 g/mol. The van der Waals surface area contributed by atoms with Gasteiger partial charge in [0.25, 0.3) is 5.91 Å². The molecule has 5 heteroatoms. The van der Waals surface area contributed by atoms with Crippen molar-refractivity contribution in [3.63, 3.8) is 0 Å². The maximum Gasteiger partial charge on any atom is 0.255 e. The molecule has 1 aromatic carbocycles. The number of rotatable bonds is 7. The van der Waals surface area contributed by atoms with E-state index in [1.54, 1.807) is 37.4 Å². The highest BCUT2D eigenvalue weighted by molar-refractivity contribution is 5.93. The smallest absolute Gasteiger partial charge is 0.255 e. The van der Waals surface area contributed by atoms with E-state index in [4.69, 9.17) is 4.74 Å². The van der Waals surface area contributed by atoms with Crippen LogP contribution >= 0.6 is 0 Å². The summed E-state index contributed by atoms with van der Waals surface area (Å²) in [5.74, 6) is 0.694. The second-order valence-corrected chi connectivity index (χ2v) is 5.00. The number of hydrogen-bond donors (Lipinski definition) is 1. The minimum atomic E-state index is -0.0419. The zero-order valence-corrected chi connectivity index (χ0v) is 13.0. The van der Waals surface area contributed by atoms with Gasteiger partial charge in [0, 0.05) is 33.4 Å². The number of amides is 1. The lowest BCUT2D eigenvalue weighted by Crippen LogP contribution is -2.26. The Balaban J connectivity index is 1.94. The Hall–Kier alpha value is -2.40. The SMILES string of the molecule is COCCNc1ccc(C(=O)N(C)Cc2ccccc2)cn1. The van der Waals surface area contributed by atoms with Gasteiger partial charge in [-0.05, 0) is 17.7 Å². The van der Waals surface area contributed by atoms with Gasteiger partial charge in [-0.25, -0.2) is 4.98 Å². The molecule has 0 bridgehead atoms. The van der Waals surface area contributed by atoms with Crippen molar-refractivity contribution >= 4 is 11.7 Å². The molecule has 0 spiro atoms. The van der Waals surface area contributed by atoms with Gasteiger partial charge in [0.05, 0.1) is 12.2 Å². The minimum Gasteiger partial charge on any atom is -0.383 e. The average Bonchev–Trinajstić information content (AvgIpc) is 2.56. The summed E-state index contributed by atoms with van der Waals surface area (Å²) >= 11 is 0. The molecule has 2 aromatic rings. The van der Waals surface area contributed by atoms with E-state index < -0.39 is 0 Å². The molecule has 1 aromatic heterocycles. The number of ether oxygens (including phenoxy) is 1. The third-order valence-corrected chi connectivity index (χ3v) is 3.23. The Kier molecular flexibility index (Phi) is 5.91. The van der Waals surface area contributed by atoms with Gasteiger partial charge in [-0.1, -0.05) is 30.3 Å². The predicted octanol–water partition coefficient (Wildman–Crippen LogP) is 2.41. The Morgan fingerprint density at radius 2 is 2.00 bits per heavy atom. The Morgan fingerprint density at radius 3 is 2.64 bits per heavy atom. The molecule has 0 aliphatic rings. The number of pyridine rings is 1. The van der Waals surface area contributed by atoms with Gasteiger partial charge < -0.3 is 15.0 Å². The van der Waals surface area contributed by atoms with Crippen molar-refractivity contribution in [1.29, 1.82) is 0 Å². The molecule has 0 radical (unpaired) electrons. The van der Waals surface area contributed by atoms with E-state index in [0.717, 1.165) is 11.4 Å². The van der Waals surface area contributed by atoms with Crippen LogP contribution in [0.3, 0.4) is 0 Å². The molecule has 0 unspecified atom stereocenters. The number of carbonyl (C=O) groups is 1. The number of benzene rings is 1. The van der Waals surface area contributed by atoms with Crippen LogP contribution in [0.15, 0.2) is 48.7 Å². The monoisotopic (exact) mass is 299 g/mol. The van der Waals surface area contributed by atoms with Crippen LogP contribution in [0.2, 0.25) is 0 Å². The number of methoxy groups -OCH3 is 1. The third kappa shape index (κ3) is 4.56. The first kappa shape index (κ1) is 16.0. The Morgan fingerprint density at radius 1 is 1.23 bits per heavy atom. The van der Waals surface area contributed by atoms with Crippen molar-refractivity contribution in [3.05, 3.63) is 59.8 Å². The summed E-state index contributed by atoms with van der Waals surface area (Å²) in [6, 6.07) is 13.5. The Labute approximate surface area is 130 Å². The molecule has 116 valence electrons. The standard InChI is InChI=1S/C17H21N3O2/c1-20(13-14-6-4-3-5-7-14)17(21)15-8-9-16(19-12-15)18-10-11-22-2/h3-9,12H,10-11,13H2,1-2H3,(H,18,19). The fourth-order valence-corrected chi connectivity index (χ4v) is 2.06. The van der Waals surface area contributed by atoms with Crippen molar-refractivity contribution < 1.29 is 9.53 Å². The van der Waals surface area contributed by atoms with Gasteiger partial charge in [0.1, 0.15) is 5.82 Å². The van der Waals surface area contributed by atoms with Crippen molar-refractivity contribution in [3.8, 4) is 0 Å². The summed E-state index contributed by atoms with van der Waals surface area (Å²) < 4.78 is 4.96. The zero-order chi connectivity index (χ0) is 15.8. The second-order valence-electron chi connectivity index (χ2n) is 5.00. The van der Waals surface area contributed by atoms with Crippen LogP contribution in [0.4, 0.5) is 5.82 Å². The zero-order valence-electron chi connectivity index (χ0n) is 13.0. The molecule has 22 heavy (non-hydrogen) atoms. The number of aromatic nitrogens is 1. The van der Waals surface area contributed by atoms with Crippen LogP contribution in [-0.4, -0.2) is 43.1 Å². The number of hydrogen-bond acceptors (Lipinski definition) is 4. The normalized spacial score (nSPS) is 10.3. The molecule has 0 aliphatic carbocycles. The van der Waals surface area contributed by atoms with Crippen molar-refractivity contribution in [2.45, 2.75) is 6.54 Å². The molecule has 2 rings (SSSR count). The molecule has 1 heterocycles. The minimum absolute atomic E-state index is 0.0419. The van der Waals surface area contributed by atoms with Crippen LogP contribution in [-0.2, 0) is 11.3 Å². The second kappa shape index (κ2) is 8.14.